The molecule has 0 N–H and O–H groups in total. The molecule has 14 heavy (non-hydrogen) atoms. The molecule has 0 radical (unpaired) electrons. The van der Waals surface area contributed by atoms with E-state index in [1.165, 1.54) is 0 Å². The van der Waals surface area contributed by atoms with Crippen molar-refractivity contribution in [2.24, 2.45) is 5.92 Å². The van der Waals surface area contributed by atoms with E-state index in [-0.39, 0.29) is 0 Å². The topological polar surface area (TPSA) is 0 Å². The van der Waals surface area contributed by atoms with Gasteiger partial charge in [0.1, 0.15) is 0 Å². The molecule has 0 fully saturated rings. The van der Waals surface area contributed by atoms with Crippen molar-refractivity contribution >= 4 is 0 Å². The molecule has 0 spiro atoms. The first-order valence-electron chi connectivity index (χ1n) is 4.87. The number of hydrogen-bond acceptors (Lipinski definition) is 0. The van der Waals surface area contributed by atoms with Gasteiger partial charge in [0, 0.05) is 6.42 Å². The quantitative estimate of drug-likeness (QED) is 0.578. The molecule has 0 amide bonds. The van der Waals surface area contributed by atoms with Gasteiger partial charge in [-0.25, -0.2) is 0 Å². The normalized spacial score (nSPS) is 12.0. The fourth-order valence-electron chi connectivity index (χ4n) is 0.995. The molecule has 0 aliphatic rings. The van der Waals surface area contributed by atoms with E-state index in [9.17, 15) is 0 Å². The third-order valence-corrected chi connectivity index (χ3v) is 1.61. The number of hydrogen-bond donors (Lipinski definition) is 0. The molecule has 0 rings (SSSR count). The largest absolute Gasteiger partial charge is 0.115 e. The summed E-state index contributed by atoms with van der Waals surface area (Å²) in [5, 5.41) is 0. The van der Waals surface area contributed by atoms with Gasteiger partial charge >= 0.3 is 0 Å². The maximum Gasteiger partial charge on any atom is 0.0285 e. The van der Waals surface area contributed by atoms with Crippen LogP contribution in [0.5, 0.6) is 0 Å². The molecule has 0 aromatic heterocycles. The molecule has 0 heteroatoms. The summed E-state index contributed by atoms with van der Waals surface area (Å²) in [6, 6.07) is 0. The molecule has 0 unspecified atom stereocenters. The lowest BCUT2D eigenvalue weighted by Crippen LogP contribution is -1.80. The molecule has 0 heterocycles. The van der Waals surface area contributed by atoms with Gasteiger partial charge in [-0.05, 0) is 30.9 Å². The lowest BCUT2D eigenvalue weighted by Gasteiger charge is -1.93. The van der Waals surface area contributed by atoms with E-state index < -0.39 is 0 Å². The van der Waals surface area contributed by atoms with Crippen molar-refractivity contribution in [1.29, 1.82) is 0 Å². The molecule has 0 nitrogen and oxygen atoms in total. The summed E-state index contributed by atoms with van der Waals surface area (Å²) in [5.74, 6) is 9.28. The van der Waals surface area contributed by atoms with Crippen molar-refractivity contribution in [3.05, 3.63) is 23.3 Å². The first-order chi connectivity index (χ1) is 6.56. The third kappa shape index (κ3) is 7.26. The van der Waals surface area contributed by atoms with Crippen LogP contribution >= 0.6 is 0 Å². The van der Waals surface area contributed by atoms with Crippen LogP contribution in [0.2, 0.25) is 0 Å². The second kappa shape index (κ2) is 7.05. The highest BCUT2D eigenvalue weighted by molar-refractivity contribution is 5.29. The summed E-state index contributed by atoms with van der Waals surface area (Å²) in [6.07, 6.45) is 10.1. The standard InChI is InChI=1S/C14H18/c1-6-13(4)9-7-8-10-14(5)11-12(2)3/h1,9,11-12H,7H2,2-5H3. The van der Waals surface area contributed by atoms with Crippen LogP contribution in [0.1, 0.15) is 34.1 Å². The van der Waals surface area contributed by atoms with Crippen molar-refractivity contribution in [2.75, 3.05) is 0 Å². The summed E-state index contributed by atoms with van der Waals surface area (Å²) in [6.45, 7) is 8.24. The van der Waals surface area contributed by atoms with E-state index in [1.807, 2.05) is 19.9 Å². The SMILES string of the molecule is C#CC(C)=CCC#CC(C)=CC(C)C. The molecule has 0 aliphatic carbocycles. The van der Waals surface area contributed by atoms with Gasteiger partial charge in [-0.1, -0.05) is 43.8 Å². The Morgan fingerprint density at radius 2 is 1.93 bits per heavy atom. The van der Waals surface area contributed by atoms with Gasteiger partial charge in [-0.3, -0.25) is 0 Å². The van der Waals surface area contributed by atoms with E-state index >= 15 is 0 Å². The second-order valence-electron chi connectivity index (χ2n) is 3.63. The minimum atomic E-state index is 0.562. The molecule has 0 aromatic carbocycles. The Labute approximate surface area is 88.1 Å². The average molecular weight is 186 g/mol. The second-order valence-corrected chi connectivity index (χ2v) is 3.63. The fourth-order valence-corrected chi connectivity index (χ4v) is 0.995. The van der Waals surface area contributed by atoms with Crippen molar-refractivity contribution in [3.8, 4) is 24.2 Å². The number of terminal acetylenes is 1. The Morgan fingerprint density at radius 3 is 2.43 bits per heavy atom. The highest BCUT2D eigenvalue weighted by Crippen LogP contribution is 2.00. The van der Waals surface area contributed by atoms with Crippen molar-refractivity contribution < 1.29 is 0 Å². The molecule has 0 saturated carbocycles. The van der Waals surface area contributed by atoms with Gasteiger partial charge in [0.2, 0.25) is 0 Å². The molecule has 0 saturated heterocycles. The van der Waals surface area contributed by atoms with Crippen LogP contribution in [0.4, 0.5) is 0 Å². The monoisotopic (exact) mass is 186 g/mol. The molecule has 0 bridgehead atoms. The summed E-state index contributed by atoms with van der Waals surface area (Å²) >= 11 is 0. The Kier molecular flexibility index (Phi) is 6.34. The van der Waals surface area contributed by atoms with Gasteiger partial charge < -0.3 is 0 Å². The lowest BCUT2D eigenvalue weighted by molar-refractivity contribution is 0.826. The van der Waals surface area contributed by atoms with Crippen LogP contribution in [-0.4, -0.2) is 0 Å². The zero-order valence-electron chi connectivity index (χ0n) is 9.52. The molecular formula is C14H18. The fraction of sp³-hybridized carbons (Fsp3) is 0.429. The van der Waals surface area contributed by atoms with Crippen molar-refractivity contribution in [1.82, 2.24) is 0 Å². The molecule has 74 valence electrons. The van der Waals surface area contributed by atoms with Gasteiger partial charge in [0.05, 0.1) is 0 Å². The smallest absolute Gasteiger partial charge is 0.0285 e. The first-order valence-corrected chi connectivity index (χ1v) is 4.87. The summed E-state index contributed by atoms with van der Waals surface area (Å²) < 4.78 is 0. The van der Waals surface area contributed by atoms with Crippen LogP contribution in [0.25, 0.3) is 0 Å². The van der Waals surface area contributed by atoms with Gasteiger partial charge in [-0.15, -0.1) is 6.42 Å². The zero-order valence-corrected chi connectivity index (χ0v) is 9.52. The lowest BCUT2D eigenvalue weighted by atomic mass is 10.1. The van der Waals surface area contributed by atoms with Gasteiger partial charge in [0.15, 0.2) is 0 Å². The summed E-state index contributed by atoms with van der Waals surface area (Å²) in [7, 11) is 0. The van der Waals surface area contributed by atoms with E-state index in [0.717, 1.165) is 17.6 Å². The number of allylic oxidation sites excluding steroid dienone is 4. The highest BCUT2D eigenvalue weighted by Gasteiger charge is 1.86. The molecule has 0 aromatic rings. The Balaban J connectivity index is 4.15. The average Bonchev–Trinajstić information content (AvgIpc) is 2.10. The predicted molar refractivity (Wildman–Crippen MR) is 63.6 cm³/mol. The molecular weight excluding hydrogens is 168 g/mol. The first kappa shape index (κ1) is 12.6. The summed E-state index contributed by atoms with van der Waals surface area (Å²) in [5.41, 5.74) is 2.08. The maximum absolute atomic E-state index is 5.20. The Hall–Kier alpha value is -1.40. The van der Waals surface area contributed by atoms with E-state index in [2.05, 4.69) is 37.7 Å². The summed E-state index contributed by atoms with van der Waals surface area (Å²) in [4.78, 5) is 0. The van der Waals surface area contributed by atoms with Crippen LogP contribution in [-0.2, 0) is 0 Å². The van der Waals surface area contributed by atoms with Crippen LogP contribution in [0.15, 0.2) is 23.3 Å². The minimum Gasteiger partial charge on any atom is -0.115 e. The highest BCUT2D eigenvalue weighted by atomic mass is 13.9. The number of rotatable bonds is 2. The molecule has 0 atom stereocenters. The van der Waals surface area contributed by atoms with Crippen LogP contribution < -0.4 is 0 Å². The minimum absolute atomic E-state index is 0.562. The van der Waals surface area contributed by atoms with E-state index in [1.54, 1.807) is 0 Å². The van der Waals surface area contributed by atoms with Crippen molar-refractivity contribution in [3.63, 3.8) is 0 Å². The van der Waals surface area contributed by atoms with E-state index in [4.69, 9.17) is 6.42 Å². The van der Waals surface area contributed by atoms with E-state index in [0.29, 0.717) is 5.92 Å². The van der Waals surface area contributed by atoms with Crippen molar-refractivity contribution in [2.45, 2.75) is 34.1 Å². The Morgan fingerprint density at radius 1 is 1.29 bits per heavy atom. The van der Waals surface area contributed by atoms with Gasteiger partial charge in [0.25, 0.3) is 0 Å². The third-order valence-electron chi connectivity index (χ3n) is 1.61. The van der Waals surface area contributed by atoms with Gasteiger partial charge in [-0.2, -0.15) is 0 Å². The van der Waals surface area contributed by atoms with Crippen LogP contribution in [0.3, 0.4) is 0 Å². The zero-order chi connectivity index (χ0) is 11.0. The predicted octanol–water partition coefficient (Wildman–Crippen LogP) is 3.56. The molecule has 0 aliphatic heterocycles. The maximum atomic E-state index is 5.20. The van der Waals surface area contributed by atoms with Crippen LogP contribution in [0, 0.1) is 30.1 Å². The Bertz CT molecular complexity index is 321.